The highest BCUT2D eigenvalue weighted by Crippen LogP contribution is 2.41. The van der Waals surface area contributed by atoms with Crippen LogP contribution in [-0.4, -0.2) is 55.5 Å². The van der Waals surface area contributed by atoms with Crippen molar-refractivity contribution in [1.29, 1.82) is 0 Å². The molecule has 1 aliphatic rings. The van der Waals surface area contributed by atoms with E-state index >= 15 is 0 Å². The highest BCUT2D eigenvalue weighted by molar-refractivity contribution is 6.39. The lowest BCUT2D eigenvalue weighted by molar-refractivity contribution is -0.149. The number of ketones is 1. The first-order valence-electron chi connectivity index (χ1n) is 12.0. The van der Waals surface area contributed by atoms with Crippen LogP contribution < -0.4 is 0 Å². The third-order valence-electron chi connectivity index (χ3n) is 6.52. The average molecular weight is 577 g/mol. The van der Waals surface area contributed by atoms with Crippen LogP contribution in [0.25, 0.3) is 0 Å². The molecule has 38 heavy (non-hydrogen) atoms. The molecule has 3 rings (SSSR count). The van der Waals surface area contributed by atoms with Gasteiger partial charge in [-0.05, 0) is 30.6 Å². The van der Waals surface area contributed by atoms with Crippen LogP contribution in [0.15, 0.2) is 18.6 Å². The maximum atomic E-state index is 14.4. The molecule has 2 aromatic rings. The maximum Gasteiger partial charge on any atom is 0.433 e. The molecule has 0 radical (unpaired) electrons. The standard InChI is InChI=1S/C25H29Cl2F3N4O4/c1-13-7-14(5-6-15(13)23(37)38)34-21(25(28,29)30)16(8-32-34)22(36)33(12-24(2,3)4)11-19(35)20-17(26)9-31-10-18(20)27/h8-10,13-15H,5-7,11-12H2,1-4H3,(H,37,38)/t13-,14-,15-/m0/s1. The molecular formula is C25H29Cl2F3N4O4. The van der Waals surface area contributed by atoms with E-state index in [9.17, 15) is 32.7 Å². The van der Waals surface area contributed by atoms with Crippen molar-refractivity contribution < 1.29 is 32.7 Å². The van der Waals surface area contributed by atoms with Gasteiger partial charge in [0.05, 0.1) is 45.9 Å². The third-order valence-corrected chi connectivity index (χ3v) is 7.09. The smallest absolute Gasteiger partial charge is 0.433 e. The first-order chi connectivity index (χ1) is 17.5. The molecule has 1 fully saturated rings. The normalized spacial score (nSPS) is 20.3. The summed E-state index contributed by atoms with van der Waals surface area (Å²) in [6.07, 6.45) is -1.11. The minimum Gasteiger partial charge on any atom is -0.481 e. The van der Waals surface area contributed by atoms with Crippen molar-refractivity contribution in [2.75, 3.05) is 13.1 Å². The number of hydrogen-bond donors (Lipinski definition) is 1. The van der Waals surface area contributed by atoms with Gasteiger partial charge in [-0.15, -0.1) is 0 Å². The fraction of sp³-hybridized carbons (Fsp3) is 0.560. The number of hydrogen-bond acceptors (Lipinski definition) is 5. The van der Waals surface area contributed by atoms with E-state index in [0.717, 1.165) is 15.8 Å². The lowest BCUT2D eigenvalue weighted by atomic mass is 9.78. The minimum atomic E-state index is -4.93. The van der Waals surface area contributed by atoms with Gasteiger partial charge in [0.15, 0.2) is 11.5 Å². The van der Waals surface area contributed by atoms with Gasteiger partial charge in [0.2, 0.25) is 0 Å². The highest BCUT2D eigenvalue weighted by atomic mass is 35.5. The Morgan fingerprint density at radius 3 is 2.21 bits per heavy atom. The lowest BCUT2D eigenvalue weighted by Crippen LogP contribution is -2.42. The van der Waals surface area contributed by atoms with E-state index < -0.39 is 59.0 Å². The lowest BCUT2D eigenvalue weighted by Gasteiger charge is -2.33. The molecule has 1 saturated carbocycles. The zero-order chi connectivity index (χ0) is 28.6. The van der Waals surface area contributed by atoms with Crippen LogP contribution in [0.1, 0.15) is 79.4 Å². The number of aliphatic carboxylic acids is 1. The number of carbonyl (C=O) groups is 3. The second kappa shape index (κ2) is 11.2. The number of aromatic nitrogens is 3. The molecule has 2 aromatic heterocycles. The van der Waals surface area contributed by atoms with Crippen LogP contribution in [0.2, 0.25) is 10.0 Å². The molecule has 0 bridgehead atoms. The van der Waals surface area contributed by atoms with Crippen LogP contribution in [-0.2, 0) is 11.0 Å². The predicted molar refractivity (Wildman–Crippen MR) is 134 cm³/mol. The van der Waals surface area contributed by atoms with Crippen LogP contribution in [0.3, 0.4) is 0 Å². The number of halogens is 5. The Morgan fingerprint density at radius 1 is 1.11 bits per heavy atom. The van der Waals surface area contributed by atoms with E-state index in [1.54, 1.807) is 27.7 Å². The molecule has 1 amide bonds. The molecule has 0 spiro atoms. The summed E-state index contributed by atoms with van der Waals surface area (Å²) in [6.45, 7) is 6.41. The van der Waals surface area contributed by atoms with Crippen LogP contribution in [0.4, 0.5) is 13.2 Å². The van der Waals surface area contributed by atoms with E-state index in [1.807, 2.05) is 0 Å². The third kappa shape index (κ3) is 6.66. The van der Waals surface area contributed by atoms with E-state index in [4.69, 9.17) is 23.2 Å². The number of pyridine rings is 1. The molecule has 0 unspecified atom stereocenters. The summed E-state index contributed by atoms with van der Waals surface area (Å²) in [7, 11) is 0. The van der Waals surface area contributed by atoms with Gasteiger partial charge in [0.25, 0.3) is 5.91 Å². The number of rotatable bonds is 7. The number of nitrogens with zero attached hydrogens (tertiary/aromatic N) is 4. The topological polar surface area (TPSA) is 105 Å². The van der Waals surface area contributed by atoms with Crippen molar-refractivity contribution in [2.24, 2.45) is 17.3 Å². The van der Waals surface area contributed by atoms with Gasteiger partial charge < -0.3 is 10.0 Å². The Labute approximate surface area is 228 Å². The van der Waals surface area contributed by atoms with Gasteiger partial charge in [-0.25, -0.2) is 0 Å². The summed E-state index contributed by atoms with van der Waals surface area (Å²) < 4.78 is 43.9. The van der Waals surface area contributed by atoms with E-state index in [0.29, 0.717) is 0 Å². The molecule has 3 atom stereocenters. The average Bonchev–Trinajstić information content (AvgIpc) is 3.22. The number of carboxylic acid groups (broad SMARTS) is 1. The van der Waals surface area contributed by atoms with Crippen LogP contribution in [0, 0.1) is 17.3 Å². The molecule has 1 aliphatic carbocycles. The second-order valence-corrected chi connectivity index (χ2v) is 11.7. The molecule has 0 saturated heterocycles. The SMILES string of the molecule is C[C@H]1C[C@@H](n2ncc(C(=O)N(CC(=O)c3c(Cl)cncc3Cl)CC(C)(C)C)c2C(F)(F)F)CC[C@@H]1C(=O)O. The number of Topliss-reactive ketones (excluding diaryl/α,β-unsaturated/α-hetero) is 1. The van der Waals surface area contributed by atoms with Gasteiger partial charge in [-0.1, -0.05) is 50.9 Å². The number of amides is 1. The van der Waals surface area contributed by atoms with E-state index in [-0.39, 0.29) is 47.3 Å². The monoisotopic (exact) mass is 576 g/mol. The maximum absolute atomic E-state index is 14.4. The quantitative estimate of drug-likeness (QED) is 0.403. The largest absolute Gasteiger partial charge is 0.481 e. The van der Waals surface area contributed by atoms with Gasteiger partial charge in [0, 0.05) is 18.9 Å². The molecule has 8 nitrogen and oxygen atoms in total. The van der Waals surface area contributed by atoms with Gasteiger partial charge in [0.1, 0.15) is 0 Å². The molecule has 1 N–H and O–H groups in total. The van der Waals surface area contributed by atoms with Crippen molar-refractivity contribution in [1.82, 2.24) is 19.7 Å². The second-order valence-electron chi connectivity index (χ2n) is 10.9. The first-order valence-corrected chi connectivity index (χ1v) is 12.8. The summed E-state index contributed by atoms with van der Waals surface area (Å²) in [5, 5.41) is 13.2. The summed E-state index contributed by atoms with van der Waals surface area (Å²) in [5.41, 5.74) is -2.55. The zero-order valence-electron chi connectivity index (χ0n) is 21.4. The van der Waals surface area contributed by atoms with E-state index in [1.165, 1.54) is 12.4 Å². The Hall–Kier alpha value is -2.66. The Kier molecular flexibility index (Phi) is 8.82. The van der Waals surface area contributed by atoms with Crippen molar-refractivity contribution in [3.05, 3.63) is 45.5 Å². The van der Waals surface area contributed by atoms with Crippen molar-refractivity contribution in [3.8, 4) is 0 Å². The number of alkyl halides is 3. The first kappa shape index (κ1) is 29.9. The summed E-state index contributed by atoms with van der Waals surface area (Å²) in [4.78, 5) is 43.0. The Morgan fingerprint density at radius 2 is 1.71 bits per heavy atom. The molecule has 0 aliphatic heterocycles. The molecular weight excluding hydrogens is 548 g/mol. The fourth-order valence-corrected chi connectivity index (χ4v) is 5.48. The molecule has 2 heterocycles. The van der Waals surface area contributed by atoms with Gasteiger partial charge in [-0.3, -0.25) is 24.0 Å². The van der Waals surface area contributed by atoms with Crippen molar-refractivity contribution in [3.63, 3.8) is 0 Å². The Bertz CT molecular complexity index is 1210. The van der Waals surface area contributed by atoms with Gasteiger partial charge >= 0.3 is 12.1 Å². The summed E-state index contributed by atoms with van der Waals surface area (Å²) in [6, 6.07) is -0.731. The van der Waals surface area contributed by atoms with Gasteiger partial charge in [-0.2, -0.15) is 18.3 Å². The molecule has 0 aromatic carbocycles. The van der Waals surface area contributed by atoms with Crippen molar-refractivity contribution in [2.45, 2.75) is 59.2 Å². The fourth-order valence-electron chi connectivity index (χ4n) is 4.91. The van der Waals surface area contributed by atoms with Crippen LogP contribution >= 0.6 is 23.2 Å². The number of carboxylic acids is 1. The van der Waals surface area contributed by atoms with E-state index in [2.05, 4.69) is 10.1 Å². The molecule has 13 heteroatoms. The van der Waals surface area contributed by atoms with Crippen molar-refractivity contribution >= 4 is 40.9 Å². The summed E-state index contributed by atoms with van der Waals surface area (Å²) >= 11 is 12.2. The molecule has 208 valence electrons. The predicted octanol–water partition coefficient (Wildman–Crippen LogP) is 6.04. The summed E-state index contributed by atoms with van der Waals surface area (Å²) in [5.74, 6) is -3.68. The highest BCUT2D eigenvalue weighted by Gasteiger charge is 2.44. The zero-order valence-corrected chi connectivity index (χ0v) is 22.9. The minimum absolute atomic E-state index is 0.0405. The number of carbonyl (C=O) groups excluding carboxylic acids is 2. The Balaban J connectivity index is 1.99. The van der Waals surface area contributed by atoms with Crippen LogP contribution in [0.5, 0.6) is 0 Å².